The summed E-state index contributed by atoms with van der Waals surface area (Å²) in [6, 6.07) is 13.6. The van der Waals surface area contributed by atoms with Crippen LogP contribution in [0.3, 0.4) is 0 Å². The lowest BCUT2D eigenvalue weighted by Crippen LogP contribution is -2.04. The molecule has 0 atom stereocenters. The first kappa shape index (κ1) is 12.0. The summed E-state index contributed by atoms with van der Waals surface area (Å²) in [6.07, 6.45) is 0. The number of benzene rings is 2. The Labute approximate surface area is 111 Å². The first-order chi connectivity index (χ1) is 9.15. The molecular weight excluding hydrogens is 264 g/mol. The van der Waals surface area contributed by atoms with E-state index in [0.29, 0.717) is 22.0 Å². The second kappa shape index (κ2) is 4.59. The maximum atomic E-state index is 12.2. The third-order valence-electron chi connectivity index (χ3n) is 2.90. The van der Waals surface area contributed by atoms with Gasteiger partial charge >= 0.3 is 0 Å². The molecule has 0 N–H and O–H groups in total. The molecule has 0 radical (unpaired) electrons. The fraction of sp³-hybridized carbons (Fsp3) is 0.143. The molecule has 1 aliphatic heterocycles. The van der Waals surface area contributed by atoms with Crippen molar-refractivity contribution < 1.29 is 17.9 Å². The monoisotopic (exact) mass is 276 g/mol. The van der Waals surface area contributed by atoms with E-state index < -0.39 is 9.84 Å². The van der Waals surface area contributed by atoms with Gasteiger partial charge in [-0.3, -0.25) is 0 Å². The van der Waals surface area contributed by atoms with Gasteiger partial charge in [0, 0.05) is 0 Å². The highest BCUT2D eigenvalue weighted by atomic mass is 32.2. The third-order valence-corrected chi connectivity index (χ3v) is 4.60. The van der Waals surface area contributed by atoms with Gasteiger partial charge in [-0.2, -0.15) is 0 Å². The van der Waals surface area contributed by atoms with Crippen LogP contribution in [-0.2, 0) is 15.6 Å². The molecule has 0 aromatic heterocycles. The van der Waals surface area contributed by atoms with E-state index in [9.17, 15) is 8.42 Å². The first-order valence-electron chi connectivity index (χ1n) is 5.81. The van der Waals surface area contributed by atoms with Gasteiger partial charge in [-0.25, -0.2) is 8.42 Å². The number of hydrogen-bond acceptors (Lipinski definition) is 4. The topological polar surface area (TPSA) is 52.6 Å². The second-order valence-electron chi connectivity index (χ2n) is 4.26. The molecule has 1 heterocycles. The average molecular weight is 276 g/mol. The number of hydrogen-bond donors (Lipinski definition) is 0. The van der Waals surface area contributed by atoms with Gasteiger partial charge in [0.1, 0.15) is 0 Å². The van der Waals surface area contributed by atoms with Crippen molar-refractivity contribution in [1.82, 2.24) is 0 Å². The maximum Gasteiger partial charge on any atom is 0.231 e. The molecule has 5 heteroatoms. The molecule has 0 saturated carbocycles. The van der Waals surface area contributed by atoms with E-state index in [4.69, 9.17) is 9.47 Å². The Morgan fingerprint density at radius 3 is 2.47 bits per heavy atom. The summed E-state index contributed by atoms with van der Waals surface area (Å²) in [4.78, 5) is 0.327. The number of ether oxygens (including phenoxy) is 2. The molecule has 2 aromatic carbocycles. The highest BCUT2D eigenvalue weighted by molar-refractivity contribution is 7.90. The smallest absolute Gasteiger partial charge is 0.231 e. The fourth-order valence-corrected chi connectivity index (χ4v) is 3.32. The quantitative estimate of drug-likeness (QED) is 0.863. The molecule has 1 aliphatic rings. The van der Waals surface area contributed by atoms with Crippen molar-refractivity contribution in [3.63, 3.8) is 0 Å². The van der Waals surface area contributed by atoms with E-state index in [0.717, 1.165) is 0 Å². The zero-order valence-corrected chi connectivity index (χ0v) is 10.9. The highest BCUT2D eigenvalue weighted by Crippen LogP contribution is 2.33. The lowest BCUT2D eigenvalue weighted by atomic mass is 10.2. The predicted molar refractivity (Wildman–Crippen MR) is 69.9 cm³/mol. The van der Waals surface area contributed by atoms with Gasteiger partial charge in [0.25, 0.3) is 0 Å². The average Bonchev–Trinajstić information content (AvgIpc) is 2.87. The molecule has 0 amide bonds. The van der Waals surface area contributed by atoms with Gasteiger partial charge in [-0.05, 0) is 29.8 Å². The minimum Gasteiger partial charge on any atom is -0.454 e. The van der Waals surface area contributed by atoms with Crippen LogP contribution in [0.5, 0.6) is 11.5 Å². The van der Waals surface area contributed by atoms with Crippen LogP contribution in [0.15, 0.2) is 53.4 Å². The van der Waals surface area contributed by atoms with Crippen LogP contribution < -0.4 is 9.47 Å². The number of fused-ring (bicyclic) bond motifs is 1. The molecule has 0 spiro atoms. The van der Waals surface area contributed by atoms with E-state index in [1.54, 1.807) is 48.5 Å². The number of rotatable bonds is 3. The molecule has 0 aliphatic carbocycles. The Bertz CT molecular complexity index is 693. The summed E-state index contributed by atoms with van der Waals surface area (Å²) in [5.41, 5.74) is 0.688. The zero-order chi connectivity index (χ0) is 13.3. The SMILES string of the molecule is O=S(=O)(Cc1ccc2c(c1)OCO2)c1ccccc1. The van der Waals surface area contributed by atoms with Crippen LogP contribution in [0.2, 0.25) is 0 Å². The molecule has 2 aromatic rings. The summed E-state index contributed by atoms with van der Waals surface area (Å²) in [6.45, 7) is 0.185. The van der Waals surface area contributed by atoms with Gasteiger partial charge < -0.3 is 9.47 Å². The van der Waals surface area contributed by atoms with Crippen molar-refractivity contribution in [1.29, 1.82) is 0 Å². The highest BCUT2D eigenvalue weighted by Gasteiger charge is 2.18. The standard InChI is InChI=1S/C14H12O4S/c15-19(16,12-4-2-1-3-5-12)9-11-6-7-13-14(8-11)18-10-17-13/h1-8H,9-10H2. The summed E-state index contributed by atoms with van der Waals surface area (Å²) >= 11 is 0. The van der Waals surface area contributed by atoms with Crippen molar-refractivity contribution >= 4 is 9.84 Å². The Kier molecular flexibility index (Phi) is 2.91. The summed E-state index contributed by atoms with van der Waals surface area (Å²) < 4.78 is 34.9. The molecule has 0 fully saturated rings. The Hall–Kier alpha value is -2.01. The Morgan fingerprint density at radius 1 is 0.947 bits per heavy atom. The third kappa shape index (κ3) is 2.42. The van der Waals surface area contributed by atoms with Crippen molar-refractivity contribution in [2.75, 3.05) is 6.79 Å². The van der Waals surface area contributed by atoms with Gasteiger partial charge in [-0.15, -0.1) is 0 Å². The second-order valence-corrected chi connectivity index (χ2v) is 6.25. The molecule has 0 saturated heterocycles. The van der Waals surface area contributed by atoms with E-state index in [1.165, 1.54) is 0 Å². The minimum atomic E-state index is -3.33. The van der Waals surface area contributed by atoms with Crippen LogP contribution in [0.1, 0.15) is 5.56 Å². The van der Waals surface area contributed by atoms with Gasteiger partial charge in [-0.1, -0.05) is 24.3 Å². The summed E-state index contributed by atoms with van der Waals surface area (Å²) in [5.74, 6) is 1.20. The number of sulfone groups is 1. The van der Waals surface area contributed by atoms with Gasteiger partial charge in [0.15, 0.2) is 21.3 Å². The summed E-state index contributed by atoms with van der Waals surface area (Å²) in [5, 5.41) is 0. The van der Waals surface area contributed by atoms with Crippen LogP contribution in [0.25, 0.3) is 0 Å². The molecule has 98 valence electrons. The van der Waals surface area contributed by atoms with E-state index in [-0.39, 0.29) is 12.5 Å². The lowest BCUT2D eigenvalue weighted by Gasteiger charge is -2.05. The lowest BCUT2D eigenvalue weighted by molar-refractivity contribution is 0.174. The maximum absolute atomic E-state index is 12.2. The van der Waals surface area contributed by atoms with E-state index >= 15 is 0 Å². The zero-order valence-electron chi connectivity index (χ0n) is 10.1. The van der Waals surface area contributed by atoms with E-state index in [1.807, 2.05) is 0 Å². The van der Waals surface area contributed by atoms with Crippen LogP contribution in [-0.4, -0.2) is 15.2 Å². The van der Waals surface area contributed by atoms with Crippen molar-refractivity contribution in [2.45, 2.75) is 10.6 Å². The molecule has 19 heavy (non-hydrogen) atoms. The largest absolute Gasteiger partial charge is 0.454 e. The van der Waals surface area contributed by atoms with Crippen LogP contribution >= 0.6 is 0 Å². The molecule has 3 rings (SSSR count). The minimum absolute atomic E-state index is 0.0480. The molecule has 0 unspecified atom stereocenters. The van der Waals surface area contributed by atoms with Gasteiger partial charge in [0.05, 0.1) is 10.6 Å². The predicted octanol–water partition coefficient (Wildman–Crippen LogP) is 2.39. The van der Waals surface area contributed by atoms with Crippen molar-refractivity contribution in [3.05, 3.63) is 54.1 Å². The Morgan fingerprint density at radius 2 is 1.68 bits per heavy atom. The Balaban J connectivity index is 1.89. The fourth-order valence-electron chi connectivity index (χ4n) is 1.96. The van der Waals surface area contributed by atoms with Crippen molar-refractivity contribution in [2.24, 2.45) is 0 Å². The molecular formula is C14H12O4S. The van der Waals surface area contributed by atoms with Crippen molar-refractivity contribution in [3.8, 4) is 11.5 Å². The van der Waals surface area contributed by atoms with Crippen LogP contribution in [0.4, 0.5) is 0 Å². The molecule has 0 bridgehead atoms. The van der Waals surface area contributed by atoms with Gasteiger partial charge in [0.2, 0.25) is 6.79 Å². The first-order valence-corrected chi connectivity index (χ1v) is 7.47. The van der Waals surface area contributed by atoms with E-state index in [2.05, 4.69) is 0 Å². The summed E-state index contributed by atoms with van der Waals surface area (Å²) in [7, 11) is -3.33. The normalized spacial score (nSPS) is 13.5. The molecule has 4 nitrogen and oxygen atoms in total. The van der Waals surface area contributed by atoms with Crippen LogP contribution in [0, 0.1) is 0 Å².